The quantitative estimate of drug-likeness (QED) is 0.299. The number of pyridine rings is 2. The molecule has 2 aromatic heterocycles. The average molecular weight is 547 g/mol. The molecule has 1 unspecified atom stereocenters. The third-order valence-electron chi connectivity index (χ3n) is 6.51. The number of carbonyl (C=O) groups is 1. The van der Waals surface area contributed by atoms with Gasteiger partial charge >= 0.3 is 6.18 Å². The lowest BCUT2D eigenvalue weighted by atomic mass is 9.95. The lowest BCUT2D eigenvalue weighted by molar-refractivity contribution is -0.141. The molecule has 1 aliphatic heterocycles. The summed E-state index contributed by atoms with van der Waals surface area (Å²) in [5.74, 6) is -0.405. The number of carbonyl (C=O) groups excluding carboxylic acids is 1. The Morgan fingerprint density at radius 3 is 2.55 bits per heavy atom. The number of aromatic nitrogens is 2. The van der Waals surface area contributed by atoms with Gasteiger partial charge in [0.25, 0.3) is 5.91 Å². The van der Waals surface area contributed by atoms with E-state index < -0.39 is 23.8 Å². The molecule has 0 saturated carbocycles. The fourth-order valence-corrected chi connectivity index (χ4v) is 4.00. The maximum absolute atomic E-state index is 13.3. The first-order valence-corrected chi connectivity index (χ1v) is 12.7. The number of benzene rings is 1. The Hall–Kier alpha value is -4.53. The van der Waals surface area contributed by atoms with Crippen molar-refractivity contribution < 1.29 is 22.8 Å². The number of allylic oxidation sites excluding steroid dienone is 5. The second-order valence-corrected chi connectivity index (χ2v) is 9.45. The molecule has 2 atom stereocenters. The first-order valence-electron chi connectivity index (χ1n) is 12.7. The highest BCUT2D eigenvalue weighted by Crippen LogP contribution is 2.31. The SMILES string of the molecule is C=C(/C=C\C(C)=C/C)c1cc(C(=O)N[C@H](C)c2ccc(C(F)(F)F)nc2)cc(C2=NOC(c3ccccn3)C2)c1. The Morgan fingerprint density at radius 1 is 1.12 bits per heavy atom. The van der Waals surface area contributed by atoms with Gasteiger partial charge in [-0.25, -0.2) is 0 Å². The molecule has 0 saturated heterocycles. The Kier molecular flexibility index (Phi) is 8.62. The smallest absolute Gasteiger partial charge is 0.385 e. The molecule has 0 fully saturated rings. The fourth-order valence-electron chi connectivity index (χ4n) is 4.00. The summed E-state index contributed by atoms with van der Waals surface area (Å²) in [4.78, 5) is 26.8. The van der Waals surface area contributed by atoms with E-state index in [1.807, 2.05) is 56.3 Å². The van der Waals surface area contributed by atoms with Crippen molar-refractivity contribution in [3.05, 3.63) is 125 Å². The maximum atomic E-state index is 13.3. The molecule has 0 spiro atoms. The first kappa shape index (κ1) is 28.5. The van der Waals surface area contributed by atoms with Crippen molar-refractivity contribution in [1.29, 1.82) is 0 Å². The number of nitrogens with one attached hydrogen (secondary N) is 1. The summed E-state index contributed by atoms with van der Waals surface area (Å²) >= 11 is 0. The van der Waals surface area contributed by atoms with Crippen molar-refractivity contribution in [2.45, 2.75) is 45.5 Å². The van der Waals surface area contributed by atoms with Crippen LogP contribution in [-0.2, 0) is 11.0 Å². The molecule has 0 radical (unpaired) electrons. The minimum absolute atomic E-state index is 0.343. The molecule has 1 N–H and O–H groups in total. The van der Waals surface area contributed by atoms with Crippen LogP contribution in [-0.4, -0.2) is 21.6 Å². The third-order valence-corrected chi connectivity index (χ3v) is 6.51. The highest BCUT2D eigenvalue weighted by atomic mass is 19.4. The van der Waals surface area contributed by atoms with Crippen LogP contribution in [0.3, 0.4) is 0 Å². The second kappa shape index (κ2) is 12.1. The number of hydrogen-bond acceptors (Lipinski definition) is 5. The van der Waals surface area contributed by atoms with Crippen molar-refractivity contribution in [1.82, 2.24) is 15.3 Å². The molecule has 3 heterocycles. The van der Waals surface area contributed by atoms with Gasteiger partial charge in [-0.2, -0.15) is 13.2 Å². The summed E-state index contributed by atoms with van der Waals surface area (Å²) in [5, 5.41) is 7.13. The Morgan fingerprint density at radius 2 is 1.90 bits per heavy atom. The van der Waals surface area contributed by atoms with Crippen LogP contribution in [0.2, 0.25) is 0 Å². The summed E-state index contributed by atoms with van der Waals surface area (Å²) in [6.07, 6.45) is 4.17. The van der Waals surface area contributed by atoms with Crippen molar-refractivity contribution in [3.8, 4) is 0 Å². The summed E-state index contributed by atoms with van der Waals surface area (Å²) in [6, 6.07) is 12.5. The van der Waals surface area contributed by atoms with Gasteiger partial charge in [-0.05, 0) is 73.9 Å². The van der Waals surface area contributed by atoms with Gasteiger partial charge in [0.15, 0.2) is 6.10 Å². The van der Waals surface area contributed by atoms with Crippen LogP contribution in [0.4, 0.5) is 13.2 Å². The first-order chi connectivity index (χ1) is 19.0. The number of halogens is 3. The highest BCUT2D eigenvalue weighted by Gasteiger charge is 2.32. The van der Waals surface area contributed by atoms with Gasteiger partial charge in [-0.15, -0.1) is 0 Å². The number of oxime groups is 1. The zero-order chi connectivity index (χ0) is 28.9. The van der Waals surface area contributed by atoms with E-state index in [9.17, 15) is 18.0 Å². The average Bonchev–Trinajstić information content (AvgIpc) is 3.46. The van der Waals surface area contributed by atoms with E-state index in [1.165, 1.54) is 6.07 Å². The summed E-state index contributed by atoms with van der Waals surface area (Å²) in [7, 11) is 0. The summed E-state index contributed by atoms with van der Waals surface area (Å²) in [6.45, 7) is 9.76. The van der Waals surface area contributed by atoms with E-state index in [4.69, 9.17) is 4.84 Å². The molecule has 40 heavy (non-hydrogen) atoms. The van der Waals surface area contributed by atoms with Crippen LogP contribution >= 0.6 is 0 Å². The van der Waals surface area contributed by atoms with Crippen LogP contribution in [0, 0.1) is 0 Å². The molecular formula is C31H29F3N4O2. The van der Waals surface area contributed by atoms with Gasteiger partial charge in [-0.1, -0.05) is 47.7 Å². The molecule has 1 amide bonds. The largest absolute Gasteiger partial charge is 0.433 e. The minimum atomic E-state index is -4.54. The van der Waals surface area contributed by atoms with Crippen LogP contribution in [0.1, 0.15) is 77.8 Å². The topological polar surface area (TPSA) is 76.5 Å². The predicted molar refractivity (Wildman–Crippen MR) is 148 cm³/mol. The molecule has 3 aromatic rings. The normalized spacial score (nSPS) is 16.4. The molecule has 0 bridgehead atoms. The van der Waals surface area contributed by atoms with Crippen LogP contribution in [0.5, 0.6) is 0 Å². The summed E-state index contributed by atoms with van der Waals surface area (Å²) in [5.41, 5.74) is 4.38. The molecule has 0 aliphatic carbocycles. The lowest BCUT2D eigenvalue weighted by Gasteiger charge is -2.16. The molecule has 1 aliphatic rings. The number of nitrogens with zero attached hydrogens (tertiary/aromatic N) is 3. The van der Waals surface area contributed by atoms with E-state index in [0.29, 0.717) is 34.4 Å². The lowest BCUT2D eigenvalue weighted by Crippen LogP contribution is -2.27. The van der Waals surface area contributed by atoms with Crippen LogP contribution < -0.4 is 5.32 Å². The predicted octanol–water partition coefficient (Wildman–Crippen LogP) is 7.39. The van der Waals surface area contributed by atoms with Gasteiger partial charge in [0.1, 0.15) is 5.69 Å². The van der Waals surface area contributed by atoms with Gasteiger partial charge in [0.05, 0.1) is 17.4 Å². The monoisotopic (exact) mass is 546 g/mol. The fraction of sp³-hybridized carbons (Fsp3) is 0.226. The van der Waals surface area contributed by atoms with E-state index >= 15 is 0 Å². The van der Waals surface area contributed by atoms with Gasteiger partial charge < -0.3 is 10.2 Å². The molecule has 6 nitrogen and oxygen atoms in total. The van der Waals surface area contributed by atoms with Gasteiger partial charge in [-0.3, -0.25) is 14.8 Å². The Bertz CT molecular complexity index is 1480. The van der Waals surface area contributed by atoms with E-state index in [1.54, 1.807) is 25.3 Å². The van der Waals surface area contributed by atoms with Crippen LogP contribution in [0.25, 0.3) is 5.57 Å². The van der Waals surface area contributed by atoms with E-state index in [-0.39, 0.29) is 6.10 Å². The molecular weight excluding hydrogens is 517 g/mol. The standard InChI is InChI=1S/C31H29F3N4O2/c1-5-19(2)9-10-20(3)23-14-24(27-17-28(40-38-27)26-8-6-7-13-35-26)16-25(15-23)30(39)37-21(4)22-11-12-29(36-18-22)31(32,33)34/h5-16,18,21,28H,3,17H2,1-2,4H3,(H,37,39)/b10-9-,19-5-/t21-,28?/m1/s1. The molecule has 206 valence electrons. The molecule has 9 heteroatoms. The molecule has 4 rings (SSSR count). The minimum Gasteiger partial charge on any atom is -0.385 e. The van der Waals surface area contributed by atoms with Gasteiger partial charge in [0, 0.05) is 29.9 Å². The van der Waals surface area contributed by atoms with Crippen molar-refractivity contribution in [3.63, 3.8) is 0 Å². The Balaban J connectivity index is 1.60. The van der Waals surface area contributed by atoms with Crippen molar-refractivity contribution in [2.24, 2.45) is 5.16 Å². The van der Waals surface area contributed by atoms with Crippen LogP contribution in [0.15, 0.2) is 96.5 Å². The van der Waals surface area contributed by atoms with E-state index in [0.717, 1.165) is 29.1 Å². The van der Waals surface area contributed by atoms with Crippen molar-refractivity contribution in [2.75, 3.05) is 0 Å². The summed E-state index contributed by atoms with van der Waals surface area (Å²) < 4.78 is 38.7. The Labute approximate surface area is 231 Å². The number of hydrogen-bond donors (Lipinski definition) is 1. The maximum Gasteiger partial charge on any atom is 0.433 e. The third kappa shape index (κ3) is 6.91. The zero-order valence-corrected chi connectivity index (χ0v) is 22.4. The molecule has 1 aromatic carbocycles. The number of rotatable bonds is 8. The van der Waals surface area contributed by atoms with E-state index in [2.05, 4.69) is 27.0 Å². The zero-order valence-electron chi connectivity index (χ0n) is 22.4. The number of alkyl halides is 3. The number of amides is 1. The van der Waals surface area contributed by atoms with Crippen molar-refractivity contribution >= 4 is 17.2 Å². The van der Waals surface area contributed by atoms with Gasteiger partial charge in [0.2, 0.25) is 0 Å². The highest BCUT2D eigenvalue weighted by molar-refractivity contribution is 6.05. The second-order valence-electron chi connectivity index (χ2n) is 9.45.